The predicted octanol–water partition coefficient (Wildman–Crippen LogP) is 2.13. The molecule has 66 valence electrons. The van der Waals surface area contributed by atoms with Gasteiger partial charge >= 0.3 is 0 Å². The number of halogens is 2. The lowest BCUT2D eigenvalue weighted by Gasteiger charge is -2.03. The van der Waals surface area contributed by atoms with Gasteiger partial charge in [0.25, 0.3) is 0 Å². The Hall–Kier alpha value is -0.640. The van der Waals surface area contributed by atoms with Crippen molar-refractivity contribution in [3.8, 4) is 0 Å². The zero-order chi connectivity index (χ0) is 8.97. The summed E-state index contributed by atoms with van der Waals surface area (Å²) in [7, 11) is 1.47. The number of rotatable bonds is 3. The Morgan fingerprint density at radius 3 is 3.00 bits per heavy atom. The molecule has 0 atom stereocenters. The molecule has 1 aromatic carbocycles. The number of nitrogens with one attached hydrogen (secondary N) is 1. The van der Waals surface area contributed by atoms with Gasteiger partial charge in [0.2, 0.25) is 0 Å². The Kier molecular flexibility index (Phi) is 3.47. The summed E-state index contributed by atoms with van der Waals surface area (Å²) >= 11 is 5.66. The maximum Gasteiger partial charge on any atom is 0.127 e. The largest absolute Gasteiger partial charge is 0.305 e. The van der Waals surface area contributed by atoms with Crippen LogP contribution in [0.4, 0.5) is 4.39 Å². The van der Waals surface area contributed by atoms with Crippen LogP contribution < -0.4 is 5.48 Å². The van der Waals surface area contributed by atoms with Crippen LogP contribution in [-0.4, -0.2) is 7.11 Å². The molecule has 0 radical (unpaired) electrons. The highest BCUT2D eigenvalue weighted by Crippen LogP contribution is 2.14. The van der Waals surface area contributed by atoms with Crippen molar-refractivity contribution in [1.29, 1.82) is 0 Å². The fraction of sp³-hybridized carbons (Fsp3) is 0.250. The summed E-state index contributed by atoms with van der Waals surface area (Å²) in [6.07, 6.45) is 0. The van der Waals surface area contributed by atoms with Crippen LogP contribution in [0.15, 0.2) is 18.2 Å². The van der Waals surface area contributed by atoms with E-state index in [1.54, 1.807) is 6.07 Å². The van der Waals surface area contributed by atoms with E-state index in [1.807, 2.05) is 0 Å². The van der Waals surface area contributed by atoms with Gasteiger partial charge in [-0.3, -0.25) is 0 Å². The van der Waals surface area contributed by atoms with Crippen LogP contribution in [0.5, 0.6) is 0 Å². The molecule has 0 saturated carbocycles. The monoisotopic (exact) mass is 189 g/mol. The Bertz CT molecular complexity index is 267. The molecule has 0 aliphatic rings. The van der Waals surface area contributed by atoms with E-state index in [0.29, 0.717) is 17.1 Å². The van der Waals surface area contributed by atoms with Crippen molar-refractivity contribution in [2.45, 2.75) is 6.54 Å². The van der Waals surface area contributed by atoms with Crippen LogP contribution in [-0.2, 0) is 11.4 Å². The average Bonchev–Trinajstić information content (AvgIpc) is 2.07. The fourth-order valence-electron chi connectivity index (χ4n) is 0.829. The summed E-state index contributed by atoms with van der Waals surface area (Å²) in [5, 5.41) is 0.518. The summed E-state index contributed by atoms with van der Waals surface area (Å²) in [6, 6.07) is 4.39. The minimum Gasteiger partial charge on any atom is -0.305 e. The molecular formula is C8H9ClFNO. The SMILES string of the molecule is CONCc1cc(Cl)ccc1F. The molecule has 4 heteroatoms. The standard InChI is InChI=1S/C8H9ClFNO/c1-12-11-5-6-4-7(9)2-3-8(6)10/h2-4,11H,5H2,1H3. The van der Waals surface area contributed by atoms with Crippen LogP contribution in [0.3, 0.4) is 0 Å². The van der Waals surface area contributed by atoms with E-state index in [1.165, 1.54) is 19.2 Å². The molecule has 1 aromatic rings. The van der Waals surface area contributed by atoms with E-state index in [9.17, 15) is 4.39 Å². The van der Waals surface area contributed by atoms with E-state index in [2.05, 4.69) is 10.3 Å². The normalized spacial score (nSPS) is 10.2. The summed E-state index contributed by atoms with van der Waals surface area (Å²) in [4.78, 5) is 4.58. The van der Waals surface area contributed by atoms with Gasteiger partial charge < -0.3 is 4.84 Å². The Labute approximate surface area is 75.2 Å². The van der Waals surface area contributed by atoms with Gasteiger partial charge in [-0.1, -0.05) is 11.6 Å². The smallest absolute Gasteiger partial charge is 0.127 e. The molecular weight excluding hydrogens is 181 g/mol. The summed E-state index contributed by atoms with van der Waals surface area (Å²) < 4.78 is 12.9. The summed E-state index contributed by atoms with van der Waals surface area (Å²) in [6.45, 7) is 0.308. The molecule has 0 unspecified atom stereocenters. The summed E-state index contributed by atoms with van der Waals surface area (Å²) in [5.41, 5.74) is 3.02. The van der Waals surface area contributed by atoms with Gasteiger partial charge in [0, 0.05) is 17.1 Å². The van der Waals surface area contributed by atoms with Gasteiger partial charge in [0.05, 0.1) is 7.11 Å². The maximum absolute atomic E-state index is 12.9. The number of hydrogen-bond acceptors (Lipinski definition) is 2. The van der Waals surface area contributed by atoms with Crippen molar-refractivity contribution in [1.82, 2.24) is 5.48 Å². The molecule has 2 nitrogen and oxygen atoms in total. The molecule has 0 fully saturated rings. The molecule has 1 rings (SSSR count). The van der Waals surface area contributed by atoms with Crippen LogP contribution in [0.1, 0.15) is 5.56 Å². The molecule has 0 bridgehead atoms. The quantitative estimate of drug-likeness (QED) is 0.736. The highest BCUT2D eigenvalue weighted by molar-refractivity contribution is 6.30. The maximum atomic E-state index is 12.9. The lowest BCUT2D eigenvalue weighted by atomic mass is 10.2. The van der Waals surface area contributed by atoms with Gasteiger partial charge in [-0.2, -0.15) is 5.48 Å². The molecule has 0 aliphatic heterocycles. The Morgan fingerprint density at radius 1 is 1.58 bits per heavy atom. The predicted molar refractivity (Wildman–Crippen MR) is 45.3 cm³/mol. The first-order valence-corrected chi connectivity index (χ1v) is 3.81. The highest BCUT2D eigenvalue weighted by Gasteiger charge is 2.01. The van der Waals surface area contributed by atoms with Crippen LogP contribution in [0.2, 0.25) is 5.02 Å². The van der Waals surface area contributed by atoms with Crippen molar-refractivity contribution in [3.05, 3.63) is 34.6 Å². The van der Waals surface area contributed by atoms with Gasteiger partial charge in [0.1, 0.15) is 5.82 Å². The van der Waals surface area contributed by atoms with Gasteiger partial charge in [-0.25, -0.2) is 4.39 Å². The first-order valence-electron chi connectivity index (χ1n) is 3.44. The zero-order valence-electron chi connectivity index (χ0n) is 6.60. The van der Waals surface area contributed by atoms with Crippen LogP contribution >= 0.6 is 11.6 Å². The molecule has 0 amide bonds. The molecule has 0 aliphatic carbocycles. The third kappa shape index (κ3) is 2.44. The van der Waals surface area contributed by atoms with Gasteiger partial charge in [0.15, 0.2) is 0 Å². The lowest BCUT2D eigenvalue weighted by Crippen LogP contribution is -2.11. The molecule has 0 heterocycles. The Morgan fingerprint density at radius 2 is 2.33 bits per heavy atom. The minimum absolute atomic E-state index is 0.288. The third-order valence-corrected chi connectivity index (χ3v) is 1.65. The van der Waals surface area contributed by atoms with Crippen LogP contribution in [0.25, 0.3) is 0 Å². The second kappa shape index (κ2) is 4.40. The third-order valence-electron chi connectivity index (χ3n) is 1.41. The molecule has 0 spiro atoms. The van der Waals surface area contributed by atoms with Crippen molar-refractivity contribution in [2.75, 3.05) is 7.11 Å². The molecule has 12 heavy (non-hydrogen) atoms. The van der Waals surface area contributed by atoms with Crippen molar-refractivity contribution < 1.29 is 9.23 Å². The fourth-order valence-corrected chi connectivity index (χ4v) is 1.02. The minimum atomic E-state index is -0.288. The van der Waals surface area contributed by atoms with Crippen molar-refractivity contribution >= 4 is 11.6 Å². The second-order valence-electron chi connectivity index (χ2n) is 2.26. The van der Waals surface area contributed by atoms with Crippen molar-refractivity contribution in [3.63, 3.8) is 0 Å². The first kappa shape index (κ1) is 9.45. The summed E-state index contributed by atoms with van der Waals surface area (Å²) in [5.74, 6) is -0.288. The molecule has 0 aromatic heterocycles. The van der Waals surface area contributed by atoms with Crippen molar-refractivity contribution in [2.24, 2.45) is 0 Å². The van der Waals surface area contributed by atoms with E-state index >= 15 is 0 Å². The topological polar surface area (TPSA) is 21.3 Å². The first-order chi connectivity index (χ1) is 5.74. The van der Waals surface area contributed by atoms with E-state index in [-0.39, 0.29) is 5.82 Å². The molecule has 0 saturated heterocycles. The van der Waals surface area contributed by atoms with E-state index < -0.39 is 0 Å². The van der Waals surface area contributed by atoms with Gasteiger partial charge in [-0.05, 0) is 18.2 Å². The van der Waals surface area contributed by atoms with Crippen LogP contribution in [0, 0.1) is 5.82 Å². The number of hydroxylamine groups is 1. The second-order valence-corrected chi connectivity index (χ2v) is 2.70. The highest BCUT2D eigenvalue weighted by atomic mass is 35.5. The zero-order valence-corrected chi connectivity index (χ0v) is 7.36. The van der Waals surface area contributed by atoms with Gasteiger partial charge in [-0.15, -0.1) is 0 Å². The average molecular weight is 190 g/mol. The van der Waals surface area contributed by atoms with E-state index in [4.69, 9.17) is 11.6 Å². The molecule has 1 N–H and O–H groups in total. The lowest BCUT2D eigenvalue weighted by molar-refractivity contribution is 0.0859. The number of benzene rings is 1. The number of hydrogen-bond donors (Lipinski definition) is 1. The Balaban J connectivity index is 2.75. The van der Waals surface area contributed by atoms with E-state index in [0.717, 1.165) is 0 Å².